The zero-order valence-electron chi connectivity index (χ0n) is 17.5. The number of carbonyl (C=O) groups excluding carboxylic acids is 1. The standard InChI is InChI=1S/C21H33NO6/c1-6-20(5,10-19(2,3)4)17(24)26-9-14(23)27-15-12-7-13-16(15)28-18(25)21(13,8-12)11-22/h12-13,15-18,24-25H,6-10H2,1-5H3. The highest BCUT2D eigenvalue weighted by Crippen LogP contribution is 2.63. The van der Waals surface area contributed by atoms with E-state index in [1.54, 1.807) is 0 Å². The third-order valence-electron chi connectivity index (χ3n) is 6.90. The number of carbonyl (C=O) groups is 1. The number of esters is 1. The molecule has 0 aromatic rings. The number of nitriles is 1. The smallest absolute Gasteiger partial charge is 0.332 e. The van der Waals surface area contributed by atoms with Crippen LogP contribution in [0.25, 0.3) is 0 Å². The number of fused-ring (bicyclic) bond motifs is 1. The molecule has 2 aliphatic carbocycles. The van der Waals surface area contributed by atoms with Crippen LogP contribution < -0.4 is 0 Å². The Labute approximate surface area is 167 Å². The van der Waals surface area contributed by atoms with Gasteiger partial charge in [-0.3, -0.25) is 0 Å². The Hall–Kier alpha value is -1.20. The molecule has 7 nitrogen and oxygen atoms in total. The van der Waals surface area contributed by atoms with Gasteiger partial charge in [0.1, 0.15) is 24.2 Å². The lowest BCUT2D eigenvalue weighted by Gasteiger charge is -2.38. The molecule has 3 aliphatic rings. The van der Waals surface area contributed by atoms with Crippen molar-refractivity contribution in [3.8, 4) is 6.07 Å². The molecule has 28 heavy (non-hydrogen) atoms. The van der Waals surface area contributed by atoms with Crippen molar-refractivity contribution in [2.45, 2.75) is 85.1 Å². The molecule has 1 saturated heterocycles. The predicted octanol–water partition coefficient (Wildman–Crippen LogP) is 2.35. The Kier molecular flexibility index (Phi) is 5.56. The summed E-state index contributed by atoms with van der Waals surface area (Å²) < 4.78 is 16.6. The number of aliphatic hydroxyl groups is 2. The number of hydrogen-bond donors (Lipinski definition) is 2. The van der Waals surface area contributed by atoms with Gasteiger partial charge < -0.3 is 24.4 Å². The molecule has 2 saturated carbocycles. The monoisotopic (exact) mass is 395 g/mol. The molecule has 0 aromatic carbocycles. The average molecular weight is 395 g/mol. The van der Waals surface area contributed by atoms with Gasteiger partial charge in [-0.2, -0.15) is 5.26 Å². The van der Waals surface area contributed by atoms with Crippen molar-refractivity contribution in [3.05, 3.63) is 0 Å². The molecule has 8 unspecified atom stereocenters. The minimum absolute atomic E-state index is 0.0162. The van der Waals surface area contributed by atoms with Crippen LogP contribution in [-0.2, 0) is 19.0 Å². The average Bonchev–Trinajstić information content (AvgIpc) is 3.20. The largest absolute Gasteiger partial charge is 0.458 e. The minimum Gasteiger partial charge on any atom is -0.458 e. The van der Waals surface area contributed by atoms with Crippen LogP contribution in [0.1, 0.15) is 60.3 Å². The fourth-order valence-electron chi connectivity index (χ4n) is 5.59. The Morgan fingerprint density at radius 3 is 2.64 bits per heavy atom. The fourth-order valence-corrected chi connectivity index (χ4v) is 5.59. The van der Waals surface area contributed by atoms with E-state index >= 15 is 0 Å². The SMILES string of the molecule is CCC(C)(CC(C)(C)C)C(O)OCC(=O)OC1C2CC3C1OC(O)C3(C#N)C2. The summed E-state index contributed by atoms with van der Waals surface area (Å²) in [5, 5.41) is 30.2. The third-order valence-corrected chi connectivity index (χ3v) is 6.90. The molecule has 7 heteroatoms. The summed E-state index contributed by atoms with van der Waals surface area (Å²) in [6, 6.07) is 2.23. The van der Waals surface area contributed by atoms with Crippen LogP contribution in [0.2, 0.25) is 0 Å². The molecule has 0 spiro atoms. The van der Waals surface area contributed by atoms with Crippen molar-refractivity contribution in [2.24, 2.45) is 28.1 Å². The molecular formula is C21H33NO6. The first kappa shape index (κ1) is 21.5. The Morgan fingerprint density at radius 2 is 2.07 bits per heavy atom. The van der Waals surface area contributed by atoms with Crippen LogP contribution in [0.15, 0.2) is 0 Å². The van der Waals surface area contributed by atoms with Gasteiger partial charge in [-0.15, -0.1) is 0 Å². The summed E-state index contributed by atoms with van der Waals surface area (Å²) in [4.78, 5) is 12.3. The number of nitrogens with zero attached hydrogens (tertiary/aromatic N) is 1. The topological polar surface area (TPSA) is 109 Å². The molecular weight excluding hydrogens is 362 g/mol. The van der Waals surface area contributed by atoms with Gasteiger partial charge in [-0.05, 0) is 31.1 Å². The van der Waals surface area contributed by atoms with Gasteiger partial charge >= 0.3 is 5.97 Å². The van der Waals surface area contributed by atoms with E-state index < -0.39 is 41.6 Å². The summed E-state index contributed by atoms with van der Waals surface area (Å²) in [7, 11) is 0. The van der Waals surface area contributed by atoms with Crippen molar-refractivity contribution in [1.29, 1.82) is 5.26 Å². The van der Waals surface area contributed by atoms with Crippen molar-refractivity contribution in [2.75, 3.05) is 6.61 Å². The number of aliphatic hydroxyl groups excluding tert-OH is 2. The maximum atomic E-state index is 12.3. The zero-order chi connectivity index (χ0) is 20.9. The van der Waals surface area contributed by atoms with Gasteiger partial charge in [0, 0.05) is 17.3 Å². The van der Waals surface area contributed by atoms with Crippen molar-refractivity contribution >= 4 is 5.97 Å². The highest BCUT2D eigenvalue weighted by molar-refractivity contribution is 5.71. The maximum absolute atomic E-state index is 12.3. The lowest BCUT2D eigenvalue weighted by atomic mass is 9.73. The van der Waals surface area contributed by atoms with Crippen molar-refractivity contribution < 1.29 is 29.2 Å². The summed E-state index contributed by atoms with van der Waals surface area (Å²) in [5.74, 6) is -0.641. The van der Waals surface area contributed by atoms with Gasteiger partial charge in [0.05, 0.1) is 6.07 Å². The Balaban J connectivity index is 1.54. The molecule has 8 atom stereocenters. The second-order valence-electron chi connectivity index (χ2n) is 10.3. The Bertz CT molecular complexity index is 654. The summed E-state index contributed by atoms with van der Waals surface area (Å²) in [6.07, 6.45) is -0.432. The first-order valence-electron chi connectivity index (χ1n) is 10.2. The van der Waals surface area contributed by atoms with Crippen LogP contribution in [0.5, 0.6) is 0 Å². The first-order valence-corrected chi connectivity index (χ1v) is 10.2. The van der Waals surface area contributed by atoms with Crippen LogP contribution in [0, 0.1) is 39.4 Å². The van der Waals surface area contributed by atoms with E-state index in [9.17, 15) is 20.3 Å². The molecule has 1 aliphatic heterocycles. The zero-order valence-corrected chi connectivity index (χ0v) is 17.5. The van der Waals surface area contributed by atoms with Crippen LogP contribution in [0.3, 0.4) is 0 Å². The normalized spacial score (nSPS) is 39.4. The van der Waals surface area contributed by atoms with E-state index in [1.807, 2.05) is 13.8 Å². The highest BCUT2D eigenvalue weighted by atomic mass is 16.7. The molecule has 3 fully saturated rings. The van der Waals surface area contributed by atoms with E-state index in [2.05, 4.69) is 26.8 Å². The van der Waals surface area contributed by atoms with E-state index in [-0.39, 0.29) is 23.9 Å². The summed E-state index contributed by atoms with van der Waals surface area (Å²) in [5.41, 5.74) is -1.30. The van der Waals surface area contributed by atoms with Gasteiger partial charge in [0.2, 0.25) is 0 Å². The second-order valence-corrected chi connectivity index (χ2v) is 10.3. The van der Waals surface area contributed by atoms with Gasteiger partial charge in [0.25, 0.3) is 0 Å². The van der Waals surface area contributed by atoms with Gasteiger partial charge in [-0.1, -0.05) is 34.6 Å². The third kappa shape index (κ3) is 3.56. The van der Waals surface area contributed by atoms with E-state index in [4.69, 9.17) is 14.2 Å². The van der Waals surface area contributed by atoms with Crippen molar-refractivity contribution in [1.82, 2.24) is 0 Å². The molecule has 2 N–H and O–H groups in total. The quantitative estimate of drug-likeness (QED) is 0.503. The van der Waals surface area contributed by atoms with E-state index in [0.717, 1.165) is 19.3 Å². The van der Waals surface area contributed by atoms with Gasteiger partial charge in [0.15, 0.2) is 12.6 Å². The lowest BCUT2D eigenvalue weighted by molar-refractivity contribution is -0.200. The first-order chi connectivity index (χ1) is 13.0. The number of rotatable bonds is 7. The van der Waals surface area contributed by atoms with E-state index in [0.29, 0.717) is 6.42 Å². The maximum Gasteiger partial charge on any atom is 0.332 e. The molecule has 3 rings (SSSR count). The van der Waals surface area contributed by atoms with Crippen LogP contribution >= 0.6 is 0 Å². The van der Waals surface area contributed by atoms with E-state index in [1.165, 1.54) is 0 Å². The highest BCUT2D eigenvalue weighted by Gasteiger charge is 2.70. The fraction of sp³-hybridized carbons (Fsp3) is 0.905. The molecule has 2 bridgehead atoms. The molecule has 0 aromatic heterocycles. The minimum atomic E-state index is -1.12. The molecule has 158 valence electrons. The van der Waals surface area contributed by atoms with Crippen molar-refractivity contribution in [3.63, 3.8) is 0 Å². The number of ether oxygens (including phenoxy) is 3. The second kappa shape index (κ2) is 7.24. The Morgan fingerprint density at radius 1 is 1.39 bits per heavy atom. The number of hydrogen-bond acceptors (Lipinski definition) is 7. The summed E-state index contributed by atoms with van der Waals surface area (Å²) in [6.45, 7) is 9.93. The van der Waals surface area contributed by atoms with Gasteiger partial charge in [-0.25, -0.2) is 4.79 Å². The predicted molar refractivity (Wildman–Crippen MR) is 99.4 cm³/mol. The van der Waals surface area contributed by atoms with Crippen LogP contribution in [-0.4, -0.2) is 47.6 Å². The molecule has 0 amide bonds. The molecule has 1 heterocycles. The molecule has 0 radical (unpaired) electrons. The summed E-state index contributed by atoms with van der Waals surface area (Å²) >= 11 is 0. The van der Waals surface area contributed by atoms with Crippen LogP contribution in [0.4, 0.5) is 0 Å². The lowest BCUT2D eigenvalue weighted by Crippen LogP contribution is -2.42.